The molecule has 0 bridgehead atoms. The fraction of sp³-hybridized carbons (Fsp3) is 0.294. The summed E-state index contributed by atoms with van der Waals surface area (Å²) in [5.41, 5.74) is 1.55. The summed E-state index contributed by atoms with van der Waals surface area (Å²) in [6.07, 6.45) is 0. The lowest BCUT2D eigenvalue weighted by atomic mass is 10.2. The van der Waals surface area contributed by atoms with Crippen LogP contribution in [0.3, 0.4) is 0 Å². The van der Waals surface area contributed by atoms with Crippen LogP contribution in [0, 0.1) is 0 Å². The Morgan fingerprint density at radius 2 is 1.96 bits per heavy atom. The lowest BCUT2D eigenvalue weighted by Gasteiger charge is -2.25. The predicted octanol–water partition coefficient (Wildman–Crippen LogP) is 1.86. The van der Waals surface area contributed by atoms with Crippen LogP contribution in [0.4, 0.5) is 0 Å². The van der Waals surface area contributed by atoms with Crippen molar-refractivity contribution in [2.24, 2.45) is 0 Å². The zero-order chi connectivity index (χ0) is 18.4. The van der Waals surface area contributed by atoms with E-state index in [9.17, 15) is 19.5 Å². The molecule has 8 heteroatoms. The number of carbonyl (C=O) groups is 3. The number of benzene rings is 1. The van der Waals surface area contributed by atoms with Gasteiger partial charge in [0.2, 0.25) is 5.91 Å². The summed E-state index contributed by atoms with van der Waals surface area (Å²) in [5, 5.41) is 13.8. The van der Waals surface area contributed by atoms with Crippen LogP contribution in [0.5, 0.6) is 0 Å². The van der Waals surface area contributed by atoms with E-state index in [1.165, 1.54) is 30.1 Å². The van der Waals surface area contributed by atoms with Crippen molar-refractivity contribution in [3.63, 3.8) is 0 Å². The first-order valence-electron chi connectivity index (χ1n) is 7.69. The highest BCUT2D eigenvalue weighted by molar-refractivity contribution is 7.12. The first-order chi connectivity index (χ1) is 11.9. The molecule has 2 amide bonds. The molecule has 1 aromatic heterocycles. The third kappa shape index (κ3) is 4.87. The molecule has 0 fully saturated rings. The molecule has 25 heavy (non-hydrogen) atoms. The standard InChI is InChI=1S/C17H19N3O4S/c1-11(17(23)24)20(9-8-18-12(2)21)16(22)15-19-14(10-25-15)13-6-4-3-5-7-13/h3-7,10-11H,8-9H2,1-2H3,(H,18,21)(H,23,24). The molecule has 0 aliphatic heterocycles. The molecule has 0 saturated heterocycles. The molecule has 2 rings (SSSR count). The van der Waals surface area contributed by atoms with Gasteiger partial charge >= 0.3 is 5.97 Å². The van der Waals surface area contributed by atoms with Gasteiger partial charge in [-0.1, -0.05) is 30.3 Å². The zero-order valence-electron chi connectivity index (χ0n) is 13.9. The zero-order valence-corrected chi connectivity index (χ0v) is 14.7. The molecule has 7 nitrogen and oxygen atoms in total. The van der Waals surface area contributed by atoms with Crippen molar-refractivity contribution in [3.8, 4) is 11.3 Å². The highest BCUT2D eigenvalue weighted by Gasteiger charge is 2.28. The number of rotatable bonds is 7. The van der Waals surface area contributed by atoms with Gasteiger partial charge in [0.25, 0.3) is 5.91 Å². The minimum Gasteiger partial charge on any atom is -0.480 e. The summed E-state index contributed by atoms with van der Waals surface area (Å²) in [6.45, 7) is 3.06. The van der Waals surface area contributed by atoms with Gasteiger partial charge in [0.1, 0.15) is 6.04 Å². The number of aliphatic carboxylic acids is 1. The van der Waals surface area contributed by atoms with E-state index >= 15 is 0 Å². The Balaban J connectivity index is 2.19. The van der Waals surface area contributed by atoms with Crippen LogP contribution in [0.2, 0.25) is 0 Å². The van der Waals surface area contributed by atoms with Gasteiger partial charge in [-0.05, 0) is 6.92 Å². The highest BCUT2D eigenvalue weighted by atomic mass is 32.1. The molecule has 1 heterocycles. The SMILES string of the molecule is CC(=O)NCCN(C(=O)c1nc(-c2ccccc2)cs1)C(C)C(=O)O. The van der Waals surface area contributed by atoms with Crippen LogP contribution >= 0.6 is 11.3 Å². The van der Waals surface area contributed by atoms with Gasteiger partial charge in [0.05, 0.1) is 5.69 Å². The van der Waals surface area contributed by atoms with Gasteiger partial charge in [0, 0.05) is 31.0 Å². The first-order valence-corrected chi connectivity index (χ1v) is 8.57. The Morgan fingerprint density at radius 1 is 1.28 bits per heavy atom. The molecular formula is C17H19N3O4S. The van der Waals surface area contributed by atoms with Crippen molar-refractivity contribution >= 4 is 29.1 Å². The number of nitrogens with zero attached hydrogens (tertiary/aromatic N) is 2. The van der Waals surface area contributed by atoms with Crippen LogP contribution in [-0.4, -0.2) is 51.9 Å². The third-order valence-electron chi connectivity index (χ3n) is 3.57. The average Bonchev–Trinajstić information content (AvgIpc) is 3.08. The van der Waals surface area contributed by atoms with E-state index in [4.69, 9.17) is 0 Å². The Hall–Kier alpha value is -2.74. The van der Waals surface area contributed by atoms with Gasteiger partial charge in [-0.3, -0.25) is 9.59 Å². The van der Waals surface area contributed by atoms with Crippen molar-refractivity contribution in [3.05, 3.63) is 40.7 Å². The van der Waals surface area contributed by atoms with E-state index in [0.29, 0.717) is 5.69 Å². The molecule has 0 saturated carbocycles. The van der Waals surface area contributed by atoms with E-state index in [1.54, 1.807) is 5.38 Å². The molecule has 132 valence electrons. The predicted molar refractivity (Wildman–Crippen MR) is 94.4 cm³/mol. The maximum absolute atomic E-state index is 12.7. The first kappa shape index (κ1) is 18.6. The summed E-state index contributed by atoms with van der Waals surface area (Å²) in [7, 11) is 0. The van der Waals surface area contributed by atoms with Gasteiger partial charge < -0.3 is 15.3 Å². The number of thiazole rings is 1. The number of aromatic nitrogens is 1. The Bertz CT molecular complexity index is 760. The Morgan fingerprint density at radius 3 is 2.56 bits per heavy atom. The topological polar surface area (TPSA) is 99.6 Å². The van der Waals surface area contributed by atoms with Crippen LogP contribution in [0.15, 0.2) is 35.7 Å². The molecule has 0 radical (unpaired) electrons. The molecule has 1 unspecified atom stereocenters. The minimum absolute atomic E-state index is 0.0894. The summed E-state index contributed by atoms with van der Waals surface area (Å²) in [6, 6.07) is 8.39. The van der Waals surface area contributed by atoms with E-state index in [0.717, 1.165) is 5.56 Å². The van der Waals surface area contributed by atoms with Gasteiger partial charge in [-0.2, -0.15) is 0 Å². The van der Waals surface area contributed by atoms with Gasteiger partial charge in [-0.15, -0.1) is 11.3 Å². The number of carboxylic acid groups (broad SMARTS) is 1. The van der Waals surface area contributed by atoms with Crippen LogP contribution < -0.4 is 5.32 Å². The number of carbonyl (C=O) groups excluding carboxylic acids is 2. The van der Waals surface area contributed by atoms with E-state index < -0.39 is 17.9 Å². The lowest BCUT2D eigenvalue weighted by molar-refractivity contribution is -0.141. The Labute approximate surface area is 149 Å². The second-order valence-electron chi connectivity index (χ2n) is 5.40. The normalized spacial score (nSPS) is 11.6. The number of amides is 2. The van der Waals surface area contributed by atoms with E-state index in [2.05, 4.69) is 10.3 Å². The van der Waals surface area contributed by atoms with Crippen LogP contribution in [-0.2, 0) is 9.59 Å². The second kappa shape index (κ2) is 8.39. The van der Waals surface area contributed by atoms with Crippen LogP contribution in [0.1, 0.15) is 23.6 Å². The maximum atomic E-state index is 12.7. The quantitative estimate of drug-likeness (QED) is 0.784. The summed E-state index contributed by atoms with van der Waals surface area (Å²) in [4.78, 5) is 40.5. The fourth-order valence-corrected chi connectivity index (χ4v) is 2.97. The van der Waals surface area contributed by atoms with Crippen molar-refractivity contribution in [1.29, 1.82) is 0 Å². The average molecular weight is 361 g/mol. The fourth-order valence-electron chi connectivity index (χ4n) is 2.19. The lowest BCUT2D eigenvalue weighted by Crippen LogP contribution is -2.46. The third-order valence-corrected chi connectivity index (χ3v) is 4.40. The summed E-state index contributed by atoms with van der Waals surface area (Å²) in [5.74, 6) is -1.82. The molecule has 2 N–H and O–H groups in total. The van der Waals surface area contributed by atoms with Crippen LogP contribution in [0.25, 0.3) is 11.3 Å². The monoisotopic (exact) mass is 361 g/mol. The number of hydrogen-bond acceptors (Lipinski definition) is 5. The van der Waals surface area contributed by atoms with Gasteiger partial charge in [0.15, 0.2) is 5.01 Å². The minimum atomic E-state index is -1.11. The second-order valence-corrected chi connectivity index (χ2v) is 6.26. The van der Waals surface area contributed by atoms with E-state index in [1.807, 2.05) is 30.3 Å². The number of nitrogens with one attached hydrogen (secondary N) is 1. The largest absolute Gasteiger partial charge is 0.480 e. The molecular weight excluding hydrogens is 342 g/mol. The molecule has 1 aromatic carbocycles. The van der Waals surface area contributed by atoms with Crippen molar-refractivity contribution in [2.45, 2.75) is 19.9 Å². The highest BCUT2D eigenvalue weighted by Crippen LogP contribution is 2.23. The summed E-state index contributed by atoms with van der Waals surface area (Å²) >= 11 is 1.17. The molecule has 0 spiro atoms. The van der Waals surface area contributed by atoms with Crippen molar-refractivity contribution in [2.75, 3.05) is 13.1 Å². The van der Waals surface area contributed by atoms with Gasteiger partial charge in [-0.25, -0.2) is 9.78 Å². The Kier molecular flexibility index (Phi) is 6.24. The summed E-state index contributed by atoms with van der Waals surface area (Å²) < 4.78 is 0. The van der Waals surface area contributed by atoms with Crippen molar-refractivity contribution < 1.29 is 19.5 Å². The molecule has 0 aliphatic rings. The number of hydrogen-bond donors (Lipinski definition) is 2. The van der Waals surface area contributed by atoms with E-state index in [-0.39, 0.29) is 24.0 Å². The maximum Gasteiger partial charge on any atom is 0.326 e. The molecule has 0 aliphatic carbocycles. The number of carboxylic acids is 1. The van der Waals surface area contributed by atoms with Crippen molar-refractivity contribution in [1.82, 2.24) is 15.2 Å². The smallest absolute Gasteiger partial charge is 0.326 e. The molecule has 1 atom stereocenters. The molecule has 2 aromatic rings.